The van der Waals surface area contributed by atoms with Crippen LogP contribution in [-0.4, -0.2) is 21.6 Å². The predicted molar refractivity (Wildman–Crippen MR) is 126 cm³/mol. The van der Waals surface area contributed by atoms with Crippen molar-refractivity contribution in [1.29, 1.82) is 0 Å². The molecule has 2 aromatic carbocycles. The van der Waals surface area contributed by atoms with E-state index < -0.39 is 5.76 Å². The number of hydrogen-bond donors (Lipinski definition) is 2. The van der Waals surface area contributed by atoms with E-state index in [0.29, 0.717) is 35.2 Å². The van der Waals surface area contributed by atoms with Crippen molar-refractivity contribution in [3.05, 3.63) is 78.0 Å². The second kappa shape index (κ2) is 9.96. The van der Waals surface area contributed by atoms with Crippen molar-refractivity contribution in [3.8, 4) is 11.4 Å². The minimum absolute atomic E-state index is 0.102. The topological polar surface area (TPSA) is 57.8 Å². The van der Waals surface area contributed by atoms with Crippen LogP contribution < -0.4 is 5.32 Å². The van der Waals surface area contributed by atoms with Gasteiger partial charge in [0.05, 0.1) is 11.4 Å². The number of anilines is 1. The molecule has 0 saturated carbocycles. The molecular weight excluding hydrogens is 428 g/mol. The highest BCUT2D eigenvalue weighted by Crippen LogP contribution is 2.31. The van der Waals surface area contributed by atoms with Gasteiger partial charge in [0.15, 0.2) is 0 Å². The van der Waals surface area contributed by atoms with Gasteiger partial charge in [0.2, 0.25) is 5.91 Å². The second-order valence-electron chi connectivity index (χ2n) is 7.55. The Bertz CT molecular complexity index is 1210. The summed E-state index contributed by atoms with van der Waals surface area (Å²) in [6.45, 7) is 2.06. The van der Waals surface area contributed by atoms with E-state index in [9.17, 15) is 13.6 Å². The number of nitrogens with zero attached hydrogens (tertiary/aromatic N) is 1. The molecule has 2 N–H and O–H groups in total. The number of rotatable bonds is 8. The quantitative estimate of drug-likeness (QED) is 0.289. The zero-order chi connectivity index (χ0) is 22.5. The summed E-state index contributed by atoms with van der Waals surface area (Å²) in [5.74, 6) is -2.56. The molecule has 0 unspecified atom stereocenters. The van der Waals surface area contributed by atoms with Crippen molar-refractivity contribution in [1.82, 2.24) is 9.97 Å². The number of nitrogens with one attached hydrogen (secondary N) is 2. The zero-order valence-corrected chi connectivity index (χ0v) is 18.4. The number of halogens is 2. The third kappa shape index (κ3) is 5.34. The molecule has 0 aliphatic rings. The maximum Gasteiger partial charge on any atom is 0.288 e. The van der Waals surface area contributed by atoms with Crippen LogP contribution in [0.3, 0.4) is 0 Å². The molecule has 0 bridgehead atoms. The van der Waals surface area contributed by atoms with Crippen LogP contribution in [0.5, 0.6) is 0 Å². The molecule has 2 heterocycles. The number of amides is 1. The van der Waals surface area contributed by atoms with Gasteiger partial charge >= 0.3 is 0 Å². The first-order chi connectivity index (χ1) is 15.5. The lowest BCUT2D eigenvalue weighted by Gasteiger charge is -2.08. The van der Waals surface area contributed by atoms with E-state index in [1.807, 2.05) is 18.2 Å². The maximum absolute atomic E-state index is 12.4. The van der Waals surface area contributed by atoms with Crippen molar-refractivity contribution in [2.75, 3.05) is 5.32 Å². The summed E-state index contributed by atoms with van der Waals surface area (Å²) in [6.07, 6.45) is 3.53. The Morgan fingerprint density at radius 2 is 1.94 bits per heavy atom. The summed E-state index contributed by atoms with van der Waals surface area (Å²) in [5.41, 5.74) is 5.85. The number of aryl methyl sites for hydroxylation is 2. The fraction of sp³-hybridized carbons (Fsp3) is 0.200. The van der Waals surface area contributed by atoms with Crippen LogP contribution in [0.15, 0.2) is 71.8 Å². The molecule has 0 aliphatic heterocycles. The molecule has 0 saturated heterocycles. The first kappa shape index (κ1) is 22.0. The lowest BCUT2D eigenvalue weighted by molar-refractivity contribution is -0.116. The van der Waals surface area contributed by atoms with Crippen molar-refractivity contribution in [2.45, 2.75) is 36.8 Å². The molecule has 164 valence electrons. The number of benzene rings is 2. The van der Waals surface area contributed by atoms with Crippen LogP contribution in [0.25, 0.3) is 22.3 Å². The summed E-state index contributed by atoms with van der Waals surface area (Å²) < 4.78 is 24.9. The van der Waals surface area contributed by atoms with Crippen molar-refractivity contribution >= 4 is 34.3 Å². The van der Waals surface area contributed by atoms with Gasteiger partial charge in [-0.1, -0.05) is 29.5 Å². The van der Waals surface area contributed by atoms with E-state index in [2.05, 4.69) is 40.4 Å². The smallest absolute Gasteiger partial charge is 0.288 e. The summed E-state index contributed by atoms with van der Waals surface area (Å²) in [4.78, 5) is 20.9. The summed E-state index contributed by atoms with van der Waals surface area (Å²) >= 11 is 0.486. The molecule has 0 fully saturated rings. The van der Waals surface area contributed by atoms with Crippen molar-refractivity contribution in [3.63, 3.8) is 0 Å². The highest BCUT2D eigenvalue weighted by atomic mass is 32.2. The molecule has 1 amide bonds. The number of fused-ring (bicyclic) bond motifs is 1. The van der Waals surface area contributed by atoms with Gasteiger partial charge in [-0.05, 0) is 73.9 Å². The number of carbonyl (C=O) groups excluding carboxylic acids is 1. The first-order valence-electron chi connectivity index (χ1n) is 10.4. The van der Waals surface area contributed by atoms with Crippen LogP contribution >= 0.6 is 11.8 Å². The number of thioether (sulfide) groups is 1. The third-order valence-electron chi connectivity index (χ3n) is 5.18. The summed E-state index contributed by atoms with van der Waals surface area (Å²) in [5, 5.41) is 3.99. The van der Waals surface area contributed by atoms with E-state index in [4.69, 9.17) is 0 Å². The van der Waals surface area contributed by atoms with E-state index in [1.165, 1.54) is 5.56 Å². The summed E-state index contributed by atoms with van der Waals surface area (Å²) in [7, 11) is 0. The van der Waals surface area contributed by atoms with E-state index in [0.717, 1.165) is 34.3 Å². The molecule has 7 heteroatoms. The normalized spacial score (nSPS) is 11.2. The Balaban J connectivity index is 1.44. The molecular formula is C25H23F2N3OS. The molecule has 0 aliphatic carbocycles. The maximum atomic E-state index is 12.4. The Hall–Kier alpha value is -3.19. The van der Waals surface area contributed by atoms with Gasteiger partial charge in [0, 0.05) is 34.1 Å². The molecule has 32 heavy (non-hydrogen) atoms. The van der Waals surface area contributed by atoms with Crippen molar-refractivity contribution < 1.29 is 13.6 Å². The van der Waals surface area contributed by atoms with Gasteiger partial charge < -0.3 is 10.3 Å². The molecule has 2 aromatic heterocycles. The number of carbonyl (C=O) groups is 1. The van der Waals surface area contributed by atoms with Crippen LogP contribution in [0.2, 0.25) is 0 Å². The average Bonchev–Trinajstić information content (AvgIpc) is 3.13. The van der Waals surface area contributed by atoms with Crippen molar-refractivity contribution in [2.24, 2.45) is 0 Å². The van der Waals surface area contributed by atoms with Gasteiger partial charge in [0.25, 0.3) is 5.76 Å². The highest BCUT2D eigenvalue weighted by molar-refractivity contribution is 7.99. The molecule has 0 spiro atoms. The van der Waals surface area contributed by atoms with Gasteiger partial charge in [-0.2, -0.15) is 8.78 Å². The predicted octanol–water partition coefficient (Wildman–Crippen LogP) is 6.81. The number of aromatic nitrogens is 2. The highest BCUT2D eigenvalue weighted by Gasteiger charge is 2.15. The third-order valence-corrected chi connectivity index (χ3v) is 5.90. The molecule has 4 aromatic rings. The SMILES string of the molecule is Cc1ccc2[nH]c(-c3ccccn3)c(CCCC(=O)Nc3ccc(SC(F)F)cc3)c2c1. The minimum Gasteiger partial charge on any atom is -0.353 e. The van der Waals surface area contributed by atoms with Gasteiger partial charge in [-0.15, -0.1) is 0 Å². The van der Waals surface area contributed by atoms with E-state index in [1.54, 1.807) is 30.5 Å². The number of H-pyrrole nitrogens is 1. The lowest BCUT2D eigenvalue weighted by Crippen LogP contribution is -2.11. The molecule has 0 atom stereocenters. The number of aromatic amines is 1. The number of hydrogen-bond acceptors (Lipinski definition) is 3. The van der Waals surface area contributed by atoms with Crippen LogP contribution in [-0.2, 0) is 11.2 Å². The van der Waals surface area contributed by atoms with Crippen LogP contribution in [0.1, 0.15) is 24.0 Å². The Morgan fingerprint density at radius 1 is 1.12 bits per heavy atom. The van der Waals surface area contributed by atoms with Gasteiger partial charge in [-0.3, -0.25) is 9.78 Å². The van der Waals surface area contributed by atoms with Crippen LogP contribution in [0, 0.1) is 6.92 Å². The first-order valence-corrected chi connectivity index (χ1v) is 11.2. The number of alkyl halides is 2. The van der Waals surface area contributed by atoms with Gasteiger partial charge in [0.1, 0.15) is 0 Å². The van der Waals surface area contributed by atoms with E-state index >= 15 is 0 Å². The lowest BCUT2D eigenvalue weighted by atomic mass is 10.0. The van der Waals surface area contributed by atoms with Crippen LogP contribution in [0.4, 0.5) is 14.5 Å². The Labute approximate surface area is 189 Å². The fourth-order valence-electron chi connectivity index (χ4n) is 3.72. The van der Waals surface area contributed by atoms with Gasteiger partial charge in [-0.25, -0.2) is 0 Å². The number of pyridine rings is 1. The second-order valence-corrected chi connectivity index (χ2v) is 8.61. The molecule has 0 radical (unpaired) electrons. The minimum atomic E-state index is -2.46. The summed E-state index contributed by atoms with van der Waals surface area (Å²) in [6, 6.07) is 18.6. The Morgan fingerprint density at radius 3 is 2.66 bits per heavy atom. The largest absolute Gasteiger partial charge is 0.353 e. The fourth-order valence-corrected chi connectivity index (χ4v) is 4.22. The molecule has 4 rings (SSSR count). The average molecular weight is 452 g/mol. The monoisotopic (exact) mass is 451 g/mol. The standard InChI is InChI=1S/C25H23F2N3OS/c1-16-8-13-21-20(15-16)19(24(30-21)22-6-2-3-14-28-22)5-4-7-23(31)29-17-9-11-18(12-10-17)32-25(26)27/h2-3,6,8-15,25,30H,4-5,7H2,1H3,(H,29,31). The Kier molecular flexibility index (Phi) is 6.85. The molecule has 4 nitrogen and oxygen atoms in total. The van der Waals surface area contributed by atoms with E-state index in [-0.39, 0.29) is 5.91 Å². The zero-order valence-electron chi connectivity index (χ0n) is 17.6.